The monoisotopic (exact) mass is 289 g/mol. The van der Waals surface area contributed by atoms with Crippen LogP contribution in [-0.4, -0.2) is 19.8 Å². The molecule has 1 aromatic rings. The fourth-order valence-electron chi connectivity index (χ4n) is 1.86. The number of anilines is 1. The Balaban J connectivity index is 2.46. The first-order valence-corrected chi connectivity index (χ1v) is 5.86. The molecule has 0 unspecified atom stereocenters. The summed E-state index contributed by atoms with van der Waals surface area (Å²) in [5.74, 6) is 0.304. The number of allylic oxidation sites excluding steroid dienone is 3. The molecule has 0 N–H and O–H groups in total. The lowest BCUT2D eigenvalue weighted by Gasteiger charge is -2.30. The maximum absolute atomic E-state index is 13.0. The number of halogens is 4. The van der Waals surface area contributed by atoms with E-state index in [4.69, 9.17) is 16.3 Å². The topological polar surface area (TPSA) is 12.5 Å². The molecule has 0 bridgehead atoms. The third kappa shape index (κ3) is 2.87. The minimum atomic E-state index is -4.42. The van der Waals surface area contributed by atoms with Crippen molar-refractivity contribution in [2.45, 2.75) is 6.18 Å². The molecule has 0 radical (unpaired) electrons. The van der Waals surface area contributed by atoms with E-state index >= 15 is 0 Å². The van der Waals surface area contributed by atoms with Crippen LogP contribution in [0.15, 0.2) is 42.1 Å². The fourth-order valence-corrected chi connectivity index (χ4v) is 2.03. The first kappa shape index (κ1) is 13.8. The molecular formula is C13H11ClF3NO. The summed E-state index contributed by atoms with van der Waals surface area (Å²) in [5.41, 5.74) is -0.393. The highest BCUT2D eigenvalue weighted by molar-refractivity contribution is 6.30. The standard InChI is InChI=1S/C13H11ClF3NO/c1-19-11-8-9(14)5-6-10(11)18-7-3-2-4-12(18)13(15,16)17/h2-6,8H,7H2,1H3. The van der Waals surface area contributed by atoms with Gasteiger partial charge in [-0.15, -0.1) is 0 Å². The Labute approximate surface area is 113 Å². The number of rotatable bonds is 2. The van der Waals surface area contributed by atoms with E-state index in [9.17, 15) is 13.2 Å². The van der Waals surface area contributed by atoms with Crippen molar-refractivity contribution in [3.8, 4) is 5.75 Å². The predicted octanol–water partition coefficient (Wildman–Crippen LogP) is 4.17. The number of benzene rings is 1. The van der Waals surface area contributed by atoms with Gasteiger partial charge in [-0.3, -0.25) is 0 Å². The number of alkyl halides is 3. The summed E-state index contributed by atoms with van der Waals surface area (Å²) in [4.78, 5) is 1.15. The first-order valence-electron chi connectivity index (χ1n) is 5.48. The molecule has 2 nitrogen and oxygen atoms in total. The molecule has 1 aromatic carbocycles. The highest BCUT2D eigenvalue weighted by atomic mass is 35.5. The van der Waals surface area contributed by atoms with E-state index < -0.39 is 11.9 Å². The van der Waals surface area contributed by atoms with Crippen molar-refractivity contribution in [1.29, 1.82) is 0 Å². The molecule has 0 fully saturated rings. The number of hydrogen-bond acceptors (Lipinski definition) is 2. The Morgan fingerprint density at radius 2 is 2.05 bits per heavy atom. The molecule has 0 saturated carbocycles. The Bertz CT molecular complexity index is 537. The molecule has 6 heteroatoms. The Hall–Kier alpha value is -1.62. The summed E-state index contributed by atoms with van der Waals surface area (Å²) < 4.78 is 44.0. The number of ether oxygens (including phenoxy) is 1. The molecule has 0 spiro atoms. The highest BCUT2D eigenvalue weighted by Gasteiger charge is 2.39. The second kappa shape index (κ2) is 5.17. The molecule has 19 heavy (non-hydrogen) atoms. The van der Waals surface area contributed by atoms with Crippen LogP contribution in [0.2, 0.25) is 5.02 Å². The summed E-state index contributed by atoms with van der Waals surface area (Å²) in [6, 6.07) is 4.54. The van der Waals surface area contributed by atoms with Crippen molar-refractivity contribution in [2.75, 3.05) is 18.6 Å². The van der Waals surface area contributed by atoms with Gasteiger partial charge >= 0.3 is 6.18 Å². The second-order valence-electron chi connectivity index (χ2n) is 3.90. The zero-order valence-electron chi connectivity index (χ0n) is 10.0. The second-order valence-corrected chi connectivity index (χ2v) is 4.34. The molecule has 102 valence electrons. The molecule has 0 aromatic heterocycles. The molecule has 0 amide bonds. The lowest BCUT2D eigenvalue weighted by molar-refractivity contribution is -0.0933. The van der Waals surface area contributed by atoms with E-state index in [0.29, 0.717) is 16.5 Å². The zero-order chi connectivity index (χ0) is 14.0. The molecule has 0 saturated heterocycles. The van der Waals surface area contributed by atoms with E-state index in [1.54, 1.807) is 6.08 Å². The van der Waals surface area contributed by atoms with Crippen molar-refractivity contribution in [3.63, 3.8) is 0 Å². The number of methoxy groups -OCH3 is 1. The van der Waals surface area contributed by atoms with Gasteiger partial charge in [-0.05, 0) is 18.2 Å². The van der Waals surface area contributed by atoms with Crippen LogP contribution in [0.4, 0.5) is 18.9 Å². The molecule has 1 aliphatic heterocycles. The Morgan fingerprint density at radius 1 is 1.32 bits per heavy atom. The molecular weight excluding hydrogens is 279 g/mol. The van der Waals surface area contributed by atoms with Gasteiger partial charge in [0.25, 0.3) is 0 Å². The van der Waals surface area contributed by atoms with Crippen LogP contribution >= 0.6 is 11.6 Å². The molecule has 0 aliphatic carbocycles. The van der Waals surface area contributed by atoms with Crippen LogP contribution in [-0.2, 0) is 0 Å². The summed E-state index contributed by atoms with van der Waals surface area (Å²) in [6.07, 6.45) is -0.349. The quantitative estimate of drug-likeness (QED) is 0.810. The van der Waals surface area contributed by atoms with E-state index in [1.165, 1.54) is 31.4 Å². The normalized spacial score (nSPS) is 15.4. The van der Waals surface area contributed by atoms with Gasteiger partial charge in [-0.25, -0.2) is 0 Å². The van der Waals surface area contributed by atoms with Crippen LogP contribution in [0.25, 0.3) is 0 Å². The highest BCUT2D eigenvalue weighted by Crippen LogP contribution is 2.39. The van der Waals surface area contributed by atoms with Gasteiger partial charge in [0.15, 0.2) is 0 Å². The van der Waals surface area contributed by atoms with Gasteiger partial charge in [0.1, 0.15) is 11.4 Å². The van der Waals surface area contributed by atoms with E-state index in [0.717, 1.165) is 11.0 Å². The van der Waals surface area contributed by atoms with Gasteiger partial charge < -0.3 is 9.64 Å². The first-order chi connectivity index (χ1) is 8.93. The average Bonchev–Trinajstić information content (AvgIpc) is 2.37. The fraction of sp³-hybridized carbons (Fsp3) is 0.231. The van der Waals surface area contributed by atoms with E-state index in [2.05, 4.69) is 0 Å². The zero-order valence-corrected chi connectivity index (χ0v) is 10.8. The van der Waals surface area contributed by atoms with E-state index in [-0.39, 0.29) is 6.54 Å². The molecule has 2 rings (SSSR count). The van der Waals surface area contributed by atoms with Crippen LogP contribution in [0, 0.1) is 0 Å². The SMILES string of the molecule is COc1cc(Cl)ccc1N1CC=CC=C1C(F)(F)F. The average molecular weight is 290 g/mol. The van der Waals surface area contributed by atoms with Gasteiger partial charge in [0.2, 0.25) is 0 Å². The lowest BCUT2D eigenvalue weighted by atomic mass is 10.2. The van der Waals surface area contributed by atoms with Crippen molar-refractivity contribution in [2.24, 2.45) is 0 Å². The van der Waals surface area contributed by atoms with Crippen LogP contribution < -0.4 is 9.64 Å². The van der Waals surface area contributed by atoms with Crippen molar-refractivity contribution < 1.29 is 17.9 Å². The van der Waals surface area contributed by atoms with Crippen molar-refractivity contribution in [1.82, 2.24) is 0 Å². The van der Waals surface area contributed by atoms with Gasteiger partial charge in [0.05, 0.1) is 12.8 Å². The Kier molecular flexibility index (Phi) is 3.75. The third-order valence-electron chi connectivity index (χ3n) is 2.69. The maximum Gasteiger partial charge on any atom is 0.431 e. The van der Waals surface area contributed by atoms with Crippen LogP contribution in [0.5, 0.6) is 5.75 Å². The largest absolute Gasteiger partial charge is 0.495 e. The van der Waals surface area contributed by atoms with Crippen LogP contribution in [0.3, 0.4) is 0 Å². The molecule has 0 atom stereocenters. The minimum Gasteiger partial charge on any atom is -0.495 e. The predicted molar refractivity (Wildman–Crippen MR) is 68.6 cm³/mol. The summed E-state index contributed by atoms with van der Waals surface area (Å²) in [6.45, 7) is 0.128. The summed E-state index contributed by atoms with van der Waals surface area (Å²) in [7, 11) is 1.39. The van der Waals surface area contributed by atoms with Crippen molar-refractivity contribution in [3.05, 3.63) is 47.1 Å². The van der Waals surface area contributed by atoms with Crippen LogP contribution in [0.1, 0.15) is 0 Å². The summed E-state index contributed by atoms with van der Waals surface area (Å²) >= 11 is 5.81. The lowest BCUT2D eigenvalue weighted by Crippen LogP contribution is -2.33. The minimum absolute atomic E-state index is 0.128. The molecule has 1 heterocycles. The number of hydrogen-bond donors (Lipinski definition) is 0. The summed E-state index contributed by atoms with van der Waals surface area (Å²) in [5, 5.41) is 0.408. The maximum atomic E-state index is 13.0. The Morgan fingerprint density at radius 3 is 2.68 bits per heavy atom. The molecule has 1 aliphatic rings. The third-order valence-corrected chi connectivity index (χ3v) is 2.93. The van der Waals surface area contributed by atoms with Gasteiger partial charge in [-0.2, -0.15) is 13.2 Å². The van der Waals surface area contributed by atoms with Crippen molar-refractivity contribution >= 4 is 17.3 Å². The van der Waals surface area contributed by atoms with E-state index in [1.807, 2.05) is 0 Å². The van der Waals surface area contributed by atoms with Gasteiger partial charge in [-0.1, -0.05) is 23.8 Å². The number of nitrogens with zero attached hydrogens (tertiary/aromatic N) is 1. The smallest absolute Gasteiger partial charge is 0.431 e. The van der Waals surface area contributed by atoms with Gasteiger partial charge in [0, 0.05) is 17.6 Å².